The summed E-state index contributed by atoms with van der Waals surface area (Å²) in [7, 11) is 0. The number of amides is 3. The summed E-state index contributed by atoms with van der Waals surface area (Å²) in [5.74, 6) is -2.86. The second kappa shape index (κ2) is 12.8. The van der Waals surface area contributed by atoms with Gasteiger partial charge in [-0.1, -0.05) is 0 Å². The van der Waals surface area contributed by atoms with E-state index in [1.165, 1.54) is 31.2 Å². The maximum Gasteiger partial charge on any atom is 0.326 e. The number of hydrogen-bond donors (Lipinski definition) is 7. The summed E-state index contributed by atoms with van der Waals surface area (Å²) in [6.07, 6.45) is 5.15. The number of aliphatic hydroxyl groups is 1. The number of carbonyl (C=O) groups excluding carboxylic acids is 3. The number of aromatic nitrogens is 2. The number of H-pyrrole nitrogens is 1. The van der Waals surface area contributed by atoms with Crippen LogP contribution in [0.2, 0.25) is 0 Å². The number of nitrogens with one attached hydrogen (secondary N) is 4. The molecule has 1 aromatic heterocycles. The zero-order valence-corrected chi connectivity index (χ0v) is 17.6. The molecule has 0 aliphatic heterocycles. The maximum atomic E-state index is 12.3. The van der Waals surface area contributed by atoms with Crippen LogP contribution in [0.15, 0.2) is 12.5 Å². The predicted octanol–water partition coefficient (Wildman–Crippen LogP) is -2.42. The van der Waals surface area contributed by atoms with E-state index in [0.29, 0.717) is 11.4 Å². The van der Waals surface area contributed by atoms with Gasteiger partial charge in [-0.15, -0.1) is 0 Å². The molecule has 3 amide bonds. The van der Waals surface area contributed by atoms with Crippen LogP contribution < -0.4 is 21.7 Å². The van der Waals surface area contributed by atoms with Crippen LogP contribution in [0.1, 0.15) is 19.0 Å². The molecule has 0 radical (unpaired) electrons. The Labute approximate surface area is 177 Å². The van der Waals surface area contributed by atoms with E-state index < -0.39 is 54.5 Å². The fourth-order valence-electron chi connectivity index (χ4n) is 2.37. The molecule has 30 heavy (non-hydrogen) atoms. The summed E-state index contributed by atoms with van der Waals surface area (Å²) in [5.41, 5.74) is 6.46. The lowest BCUT2D eigenvalue weighted by Crippen LogP contribution is -2.57. The van der Waals surface area contributed by atoms with Crippen molar-refractivity contribution in [3.05, 3.63) is 18.2 Å². The van der Waals surface area contributed by atoms with Crippen molar-refractivity contribution in [2.24, 2.45) is 5.73 Å². The largest absolute Gasteiger partial charge is 0.480 e. The minimum Gasteiger partial charge on any atom is -0.480 e. The second-order valence-electron chi connectivity index (χ2n) is 6.54. The fourth-order valence-corrected chi connectivity index (χ4v) is 2.84. The quantitative estimate of drug-likeness (QED) is 0.173. The van der Waals surface area contributed by atoms with E-state index in [-0.39, 0.29) is 12.8 Å². The van der Waals surface area contributed by atoms with Crippen molar-refractivity contribution in [2.75, 3.05) is 18.6 Å². The van der Waals surface area contributed by atoms with Gasteiger partial charge in [0.2, 0.25) is 17.7 Å². The van der Waals surface area contributed by atoms with Crippen LogP contribution in [0.25, 0.3) is 0 Å². The molecule has 168 valence electrons. The molecule has 4 atom stereocenters. The number of carbonyl (C=O) groups is 4. The number of imidazole rings is 1. The number of hydrogen-bond acceptors (Lipinski definition) is 8. The number of aromatic amines is 1. The number of carboxylic acids is 1. The third kappa shape index (κ3) is 8.39. The standard InChI is InChI=1S/C17H28N6O6S/c1-9(21-15(26)11(18)5-10-6-19-8-20-10)14(25)23-13(7-24)16(27)22-12(17(28)29)3-4-30-2/h6,8-9,11-13,24H,3-5,7,18H2,1-2H3,(H,19,20)(H,21,26)(H,22,27)(H,23,25)(H,28,29). The molecule has 0 aliphatic rings. The maximum absolute atomic E-state index is 12.3. The number of thioether (sulfide) groups is 1. The van der Waals surface area contributed by atoms with Crippen LogP contribution in [0, 0.1) is 0 Å². The minimum absolute atomic E-state index is 0.189. The van der Waals surface area contributed by atoms with Gasteiger partial charge in [-0.25, -0.2) is 9.78 Å². The van der Waals surface area contributed by atoms with Crippen molar-refractivity contribution in [1.82, 2.24) is 25.9 Å². The van der Waals surface area contributed by atoms with Crippen LogP contribution in [-0.2, 0) is 25.6 Å². The Morgan fingerprint density at radius 2 is 1.83 bits per heavy atom. The van der Waals surface area contributed by atoms with Gasteiger partial charge in [0, 0.05) is 18.3 Å². The Morgan fingerprint density at radius 3 is 2.37 bits per heavy atom. The SMILES string of the molecule is CSCCC(NC(=O)C(CO)NC(=O)C(C)NC(=O)C(N)Cc1cnc[nH]1)C(=O)O. The predicted molar refractivity (Wildman–Crippen MR) is 109 cm³/mol. The molecule has 0 fully saturated rings. The Bertz CT molecular complexity index is 716. The number of nitrogens with zero attached hydrogens (tertiary/aromatic N) is 1. The summed E-state index contributed by atoms with van der Waals surface area (Å²) >= 11 is 1.42. The summed E-state index contributed by atoms with van der Waals surface area (Å²) < 4.78 is 0. The highest BCUT2D eigenvalue weighted by molar-refractivity contribution is 7.98. The van der Waals surface area contributed by atoms with Gasteiger partial charge in [0.25, 0.3) is 0 Å². The molecule has 1 rings (SSSR count). The number of aliphatic carboxylic acids is 1. The van der Waals surface area contributed by atoms with Gasteiger partial charge in [0.05, 0.1) is 19.0 Å². The molecular formula is C17H28N6O6S. The summed E-state index contributed by atoms with van der Waals surface area (Å²) in [4.78, 5) is 54.6. The monoisotopic (exact) mass is 444 g/mol. The Hall–Kier alpha value is -2.64. The molecule has 1 aromatic rings. The molecule has 0 aromatic carbocycles. The van der Waals surface area contributed by atoms with Crippen molar-refractivity contribution in [2.45, 2.75) is 43.9 Å². The summed E-state index contributed by atoms with van der Waals surface area (Å²) in [6.45, 7) is 0.646. The zero-order valence-electron chi connectivity index (χ0n) is 16.8. The molecule has 0 spiro atoms. The van der Waals surface area contributed by atoms with Gasteiger partial charge in [0.15, 0.2) is 0 Å². The molecule has 4 unspecified atom stereocenters. The van der Waals surface area contributed by atoms with Crippen molar-refractivity contribution < 1.29 is 29.4 Å². The molecule has 13 heteroatoms. The van der Waals surface area contributed by atoms with Gasteiger partial charge in [-0.05, 0) is 25.4 Å². The van der Waals surface area contributed by atoms with E-state index in [1.54, 1.807) is 6.26 Å². The molecule has 12 nitrogen and oxygen atoms in total. The van der Waals surface area contributed by atoms with Crippen LogP contribution in [0.3, 0.4) is 0 Å². The molecule has 0 bridgehead atoms. The third-order valence-corrected chi connectivity index (χ3v) is 4.77. The smallest absolute Gasteiger partial charge is 0.326 e. The van der Waals surface area contributed by atoms with Gasteiger partial charge in [-0.3, -0.25) is 14.4 Å². The lowest BCUT2D eigenvalue weighted by molar-refractivity contribution is -0.142. The molecule has 0 saturated heterocycles. The van der Waals surface area contributed by atoms with Crippen LogP contribution in [-0.4, -0.2) is 86.7 Å². The topological polar surface area (TPSA) is 200 Å². The van der Waals surface area contributed by atoms with Crippen molar-refractivity contribution in [1.29, 1.82) is 0 Å². The first kappa shape index (κ1) is 25.4. The highest BCUT2D eigenvalue weighted by atomic mass is 32.2. The van der Waals surface area contributed by atoms with Gasteiger partial charge in [0.1, 0.15) is 18.1 Å². The Balaban J connectivity index is 2.58. The zero-order chi connectivity index (χ0) is 22.7. The number of rotatable bonds is 13. The van der Waals surface area contributed by atoms with E-state index in [1.807, 2.05) is 0 Å². The molecule has 0 aliphatic carbocycles. The van der Waals surface area contributed by atoms with E-state index in [9.17, 15) is 29.4 Å². The highest BCUT2D eigenvalue weighted by Crippen LogP contribution is 2.02. The first-order valence-electron chi connectivity index (χ1n) is 9.16. The van der Waals surface area contributed by atoms with Crippen LogP contribution in [0.4, 0.5) is 0 Å². The highest BCUT2D eigenvalue weighted by Gasteiger charge is 2.28. The lowest BCUT2D eigenvalue weighted by atomic mass is 10.1. The second-order valence-corrected chi connectivity index (χ2v) is 7.53. The van der Waals surface area contributed by atoms with Crippen LogP contribution in [0.5, 0.6) is 0 Å². The molecular weight excluding hydrogens is 416 g/mol. The molecule has 1 heterocycles. The minimum atomic E-state index is -1.37. The van der Waals surface area contributed by atoms with E-state index in [4.69, 9.17) is 5.73 Å². The van der Waals surface area contributed by atoms with Gasteiger partial charge in [-0.2, -0.15) is 11.8 Å². The normalized spacial score (nSPS) is 14.8. The fraction of sp³-hybridized carbons (Fsp3) is 0.588. The third-order valence-electron chi connectivity index (χ3n) is 4.12. The number of aliphatic hydroxyl groups excluding tert-OH is 1. The Kier molecular flexibility index (Phi) is 10.9. The average Bonchev–Trinajstić information content (AvgIpc) is 3.21. The number of nitrogens with two attached hydrogens (primary N) is 1. The van der Waals surface area contributed by atoms with E-state index >= 15 is 0 Å². The Morgan fingerprint density at radius 1 is 1.17 bits per heavy atom. The summed E-state index contributed by atoms with van der Waals surface area (Å²) in [5, 5.41) is 25.6. The molecule has 0 saturated carbocycles. The van der Waals surface area contributed by atoms with E-state index in [0.717, 1.165) is 0 Å². The first-order valence-corrected chi connectivity index (χ1v) is 10.6. The van der Waals surface area contributed by atoms with Gasteiger partial charge < -0.3 is 36.9 Å². The summed E-state index contributed by atoms with van der Waals surface area (Å²) in [6, 6.07) is -4.48. The van der Waals surface area contributed by atoms with E-state index in [2.05, 4.69) is 25.9 Å². The average molecular weight is 445 g/mol. The van der Waals surface area contributed by atoms with Gasteiger partial charge >= 0.3 is 5.97 Å². The van der Waals surface area contributed by atoms with Crippen molar-refractivity contribution in [3.8, 4) is 0 Å². The van der Waals surface area contributed by atoms with Crippen molar-refractivity contribution >= 4 is 35.5 Å². The van der Waals surface area contributed by atoms with Crippen LogP contribution >= 0.6 is 11.8 Å². The first-order chi connectivity index (χ1) is 14.2. The molecule has 8 N–H and O–H groups in total. The lowest BCUT2D eigenvalue weighted by Gasteiger charge is -2.22. The number of carboxylic acid groups (broad SMARTS) is 1. The van der Waals surface area contributed by atoms with Crippen molar-refractivity contribution in [3.63, 3.8) is 0 Å².